The minimum Gasteiger partial charge on any atom is -0.392 e. The Labute approximate surface area is 70.4 Å². The summed E-state index contributed by atoms with van der Waals surface area (Å²) in [5.41, 5.74) is 1.63. The molecule has 64 valence electrons. The van der Waals surface area contributed by atoms with Crippen LogP contribution < -0.4 is 5.56 Å². The third kappa shape index (κ3) is 2.07. The molecule has 12 heavy (non-hydrogen) atoms. The van der Waals surface area contributed by atoms with Crippen molar-refractivity contribution in [2.45, 2.75) is 6.92 Å². The van der Waals surface area contributed by atoms with Gasteiger partial charge in [0.05, 0.1) is 6.61 Å². The van der Waals surface area contributed by atoms with E-state index in [9.17, 15) is 4.79 Å². The lowest BCUT2D eigenvalue weighted by Gasteiger charge is -1.97. The van der Waals surface area contributed by atoms with Gasteiger partial charge in [-0.15, -0.1) is 0 Å². The normalized spacial score (nSPS) is 10.8. The molecule has 0 aliphatic heterocycles. The Morgan fingerprint density at radius 3 is 2.92 bits per heavy atom. The van der Waals surface area contributed by atoms with E-state index in [0.29, 0.717) is 0 Å². The van der Waals surface area contributed by atoms with E-state index in [2.05, 4.69) is 4.98 Å². The number of aliphatic hydroxyl groups excluding tert-OH is 1. The molecule has 0 bridgehead atoms. The van der Waals surface area contributed by atoms with Gasteiger partial charge in [0, 0.05) is 11.8 Å². The maximum atomic E-state index is 10.8. The number of aryl methyl sites for hydroxylation is 1. The molecule has 0 atom stereocenters. The molecular formula is C9H11NO2. The van der Waals surface area contributed by atoms with Crippen LogP contribution in [0.5, 0.6) is 0 Å². The number of hydrogen-bond acceptors (Lipinski definition) is 2. The Bertz CT molecular complexity index is 339. The molecule has 1 heterocycles. The van der Waals surface area contributed by atoms with E-state index in [1.807, 2.05) is 6.92 Å². The largest absolute Gasteiger partial charge is 0.392 e. The van der Waals surface area contributed by atoms with E-state index in [0.717, 1.165) is 11.3 Å². The van der Waals surface area contributed by atoms with Crippen LogP contribution in [0.1, 0.15) is 11.3 Å². The monoisotopic (exact) mass is 165 g/mol. The van der Waals surface area contributed by atoms with E-state index >= 15 is 0 Å². The van der Waals surface area contributed by atoms with Crippen LogP contribution in [0.3, 0.4) is 0 Å². The molecule has 0 spiro atoms. The molecule has 0 unspecified atom stereocenters. The van der Waals surface area contributed by atoms with Crippen LogP contribution in [0, 0.1) is 6.92 Å². The minimum atomic E-state index is -0.103. The Kier molecular flexibility index (Phi) is 2.82. The number of nitrogens with one attached hydrogen (secondary N) is 1. The van der Waals surface area contributed by atoms with Crippen LogP contribution >= 0.6 is 0 Å². The highest BCUT2D eigenvalue weighted by Crippen LogP contribution is 2.02. The molecule has 0 aromatic carbocycles. The quantitative estimate of drug-likeness (QED) is 0.677. The van der Waals surface area contributed by atoms with E-state index in [1.165, 1.54) is 6.07 Å². The number of rotatable bonds is 2. The standard InChI is InChI=1S/C9H11NO2/c1-7-8(3-2-6-11)4-5-9(12)10-7/h2-5,11H,6H2,1H3,(H,10,12). The van der Waals surface area contributed by atoms with Crippen molar-refractivity contribution in [2.75, 3.05) is 6.61 Å². The van der Waals surface area contributed by atoms with Gasteiger partial charge in [-0.1, -0.05) is 12.2 Å². The second-order valence-electron chi connectivity index (χ2n) is 2.49. The summed E-state index contributed by atoms with van der Waals surface area (Å²) in [7, 11) is 0. The van der Waals surface area contributed by atoms with Gasteiger partial charge in [0.25, 0.3) is 0 Å². The highest BCUT2D eigenvalue weighted by Gasteiger charge is 1.92. The molecular weight excluding hydrogens is 154 g/mol. The van der Waals surface area contributed by atoms with Gasteiger partial charge in [-0.2, -0.15) is 0 Å². The first-order valence-corrected chi connectivity index (χ1v) is 3.71. The van der Waals surface area contributed by atoms with Crippen LogP contribution in [0.4, 0.5) is 0 Å². The molecule has 2 N–H and O–H groups in total. The number of aromatic nitrogens is 1. The van der Waals surface area contributed by atoms with Gasteiger partial charge >= 0.3 is 0 Å². The lowest BCUT2D eigenvalue weighted by molar-refractivity contribution is 0.343. The lowest BCUT2D eigenvalue weighted by atomic mass is 10.2. The number of H-pyrrole nitrogens is 1. The molecule has 0 aliphatic carbocycles. The van der Waals surface area contributed by atoms with Crippen molar-refractivity contribution in [3.8, 4) is 0 Å². The zero-order valence-corrected chi connectivity index (χ0v) is 6.87. The van der Waals surface area contributed by atoms with Crippen molar-refractivity contribution in [1.29, 1.82) is 0 Å². The number of hydrogen-bond donors (Lipinski definition) is 2. The van der Waals surface area contributed by atoms with Crippen LogP contribution in [-0.2, 0) is 0 Å². The fourth-order valence-electron chi connectivity index (χ4n) is 0.949. The summed E-state index contributed by atoms with van der Waals surface area (Å²) in [5, 5.41) is 8.51. The average Bonchev–Trinajstić information content (AvgIpc) is 2.03. The van der Waals surface area contributed by atoms with E-state index < -0.39 is 0 Å². The third-order valence-electron chi connectivity index (χ3n) is 1.56. The summed E-state index contributed by atoms with van der Waals surface area (Å²) < 4.78 is 0. The van der Waals surface area contributed by atoms with Gasteiger partial charge < -0.3 is 10.1 Å². The average molecular weight is 165 g/mol. The van der Waals surface area contributed by atoms with Crippen molar-refractivity contribution < 1.29 is 5.11 Å². The van der Waals surface area contributed by atoms with E-state index in [-0.39, 0.29) is 12.2 Å². The fourth-order valence-corrected chi connectivity index (χ4v) is 0.949. The van der Waals surface area contributed by atoms with E-state index in [4.69, 9.17) is 5.11 Å². The Morgan fingerprint density at radius 1 is 1.58 bits per heavy atom. The van der Waals surface area contributed by atoms with Gasteiger partial charge in [-0.3, -0.25) is 4.79 Å². The molecule has 1 rings (SSSR count). The first-order chi connectivity index (χ1) is 5.74. The maximum Gasteiger partial charge on any atom is 0.248 e. The highest BCUT2D eigenvalue weighted by atomic mass is 16.2. The van der Waals surface area contributed by atoms with Crippen molar-refractivity contribution in [1.82, 2.24) is 4.98 Å². The predicted molar refractivity (Wildman–Crippen MR) is 47.9 cm³/mol. The molecule has 1 aromatic rings. The molecule has 1 aromatic heterocycles. The predicted octanol–water partition coefficient (Wildman–Crippen LogP) is 0.689. The van der Waals surface area contributed by atoms with Crippen LogP contribution in [0.2, 0.25) is 0 Å². The number of aliphatic hydroxyl groups is 1. The topological polar surface area (TPSA) is 53.1 Å². The minimum absolute atomic E-state index is 0.0125. The van der Waals surface area contributed by atoms with Crippen LogP contribution in [0.15, 0.2) is 23.0 Å². The highest BCUT2D eigenvalue weighted by molar-refractivity contribution is 5.50. The molecule has 0 radical (unpaired) electrons. The molecule has 0 aliphatic rings. The second-order valence-corrected chi connectivity index (χ2v) is 2.49. The first kappa shape index (κ1) is 8.74. The smallest absolute Gasteiger partial charge is 0.248 e. The van der Waals surface area contributed by atoms with Gasteiger partial charge in [-0.05, 0) is 18.6 Å². The first-order valence-electron chi connectivity index (χ1n) is 3.71. The van der Waals surface area contributed by atoms with Crippen molar-refractivity contribution >= 4 is 6.08 Å². The summed E-state index contributed by atoms with van der Waals surface area (Å²) in [6.45, 7) is 1.83. The lowest BCUT2D eigenvalue weighted by Crippen LogP contribution is -2.05. The molecule has 3 heteroatoms. The molecule has 3 nitrogen and oxygen atoms in total. The van der Waals surface area contributed by atoms with Crippen molar-refractivity contribution in [3.63, 3.8) is 0 Å². The second kappa shape index (κ2) is 3.88. The Balaban J connectivity index is 3.01. The summed E-state index contributed by atoms with van der Waals surface area (Å²) >= 11 is 0. The summed E-state index contributed by atoms with van der Waals surface area (Å²) in [5.74, 6) is 0. The fraction of sp³-hybridized carbons (Fsp3) is 0.222. The summed E-state index contributed by atoms with van der Waals surface area (Å²) in [6.07, 6.45) is 3.39. The zero-order valence-electron chi connectivity index (χ0n) is 6.87. The number of aromatic amines is 1. The van der Waals surface area contributed by atoms with Crippen molar-refractivity contribution in [3.05, 3.63) is 39.8 Å². The SMILES string of the molecule is Cc1[nH]c(=O)ccc1C=CCO. The Hall–Kier alpha value is -1.35. The molecule has 0 amide bonds. The third-order valence-corrected chi connectivity index (χ3v) is 1.56. The van der Waals surface area contributed by atoms with Crippen LogP contribution in [-0.4, -0.2) is 16.7 Å². The number of pyridine rings is 1. The van der Waals surface area contributed by atoms with Crippen LogP contribution in [0.25, 0.3) is 6.08 Å². The van der Waals surface area contributed by atoms with Gasteiger partial charge in [0.1, 0.15) is 0 Å². The van der Waals surface area contributed by atoms with E-state index in [1.54, 1.807) is 18.2 Å². The van der Waals surface area contributed by atoms with Gasteiger partial charge in [-0.25, -0.2) is 0 Å². The van der Waals surface area contributed by atoms with Gasteiger partial charge in [0.15, 0.2) is 0 Å². The summed E-state index contributed by atoms with van der Waals surface area (Å²) in [4.78, 5) is 13.4. The molecule has 0 saturated carbocycles. The van der Waals surface area contributed by atoms with Crippen molar-refractivity contribution in [2.24, 2.45) is 0 Å². The molecule has 0 fully saturated rings. The molecule has 0 saturated heterocycles. The Morgan fingerprint density at radius 2 is 2.33 bits per heavy atom. The zero-order chi connectivity index (χ0) is 8.97. The van der Waals surface area contributed by atoms with Gasteiger partial charge in [0.2, 0.25) is 5.56 Å². The summed E-state index contributed by atoms with van der Waals surface area (Å²) in [6, 6.07) is 3.18. The maximum absolute atomic E-state index is 10.8.